The van der Waals surface area contributed by atoms with Crippen LogP contribution in [0.5, 0.6) is 0 Å². The number of benzene rings is 2. The lowest BCUT2D eigenvalue weighted by atomic mass is 9.78. The van der Waals surface area contributed by atoms with Gasteiger partial charge in [-0.2, -0.15) is 0 Å². The monoisotopic (exact) mass is 244 g/mol. The maximum atomic E-state index is 2.42. The second-order valence-electron chi connectivity index (χ2n) is 5.61. The molecular formula is C19H16. The van der Waals surface area contributed by atoms with Gasteiger partial charge >= 0.3 is 0 Å². The Morgan fingerprint density at radius 2 is 1.05 bits per heavy atom. The van der Waals surface area contributed by atoms with E-state index in [0.717, 1.165) is 0 Å². The molecule has 0 nitrogen and oxygen atoms in total. The maximum Gasteiger partial charge on any atom is 0.0586 e. The van der Waals surface area contributed by atoms with E-state index < -0.39 is 0 Å². The van der Waals surface area contributed by atoms with Crippen molar-refractivity contribution in [2.75, 3.05) is 0 Å². The van der Waals surface area contributed by atoms with E-state index in [-0.39, 0.29) is 5.41 Å². The third-order valence-electron chi connectivity index (χ3n) is 4.48. The fourth-order valence-electron chi connectivity index (χ4n) is 3.71. The molecule has 2 aliphatic carbocycles. The van der Waals surface area contributed by atoms with Crippen LogP contribution in [0.3, 0.4) is 0 Å². The summed E-state index contributed by atoms with van der Waals surface area (Å²) in [5.41, 5.74) is 8.38. The lowest BCUT2D eigenvalue weighted by molar-refractivity contribution is 0.850. The molecule has 0 aliphatic heterocycles. The van der Waals surface area contributed by atoms with Crippen LogP contribution >= 0.6 is 0 Å². The van der Waals surface area contributed by atoms with E-state index in [2.05, 4.69) is 74.5 Å². The Hall–Kier alpha value is -2.08. The van der Waals surface area contributed by atoms with E-state index in [9.17, 15) is 0 Å². The van der Waals surface area contributed by atoms with Gasteiger partial charge in [-0.3, -0.25) is 0 Å². The van der Waals surface area contributed by atoms with Gasteiger partial charge in [0.05, 0.1) is 5.41 Å². The second-order valence-corrected chi connectivity index (χ2v) is 5.61. The molecule has 0 heteroatoms. The molecule has 92 valence electrons. The highest BCUT2D eigenvalue weighted by atomic mass is 14.4. The molecule has 0 fully saturated rings. The molecule has 19 heavy (non-hydrogen) atoms. The normalized spacial score (nSPS) is 18.0. The first-order valence-corrected chi connectivity index (χ1v) is 6.81. The van der Waals surface area contributed by atoms with Crippen LogP contribution in [-0.2, 0) is 5.41 Å². The Labute approximate surface area is 114 Å². The fraction of sp³-hybridized carbons (Fsp3) is 0.158. The number of hydrogen-bond acceptors (Lipinski definition) is 0. The van der Waals surface area contributed by atoms with Crippen molar-refractivity contribution in [3.63, 3.8) is 0 Å². The summed E-state index contributed by atoms with van der Waals surface area (Å²) in [6.45, 7) is 4.44. The SMILES string of the molecule is CC1=CC2(C=C(C)c3ccccc32)c2ccccc21. The third-order valence-corrected chi connectivity index (χ3v) is 4.48. The van der Waals surface area contributed by atoms with E-state index in [4.69, 9.17) is 0 Å². The second kappa shape index (κ2) is 3.48. The topological polar surface area (TPSA) is 0 Å². The van der Waals surface area contributed by atoms with Gasteiger partial charge in [0.25, 0.3) is 0 Å². The van der Waals surface area contributed by atoms with Crippen molar-refractivity contribution in [3.05, 3.63) is 82.9 Å². The number of fused-ring (bicyclic) bond motifs is 4. The van der Waals surface area contributed by atoms with Crippen LogP contribution < -0.4 is 0 Å². The standard InChI is InChI=1S/C19H16/c1-13-11-19(17-9-5-3-7-15(13)17)12-14(2)16-8-4-6-10-18(16)19/h3-12H,1-2H3. The summed E-state index contributed by atoms with van der Waals surface area (Å²) < 4.78 is 0. The predicted molar refractivity (Wildman–Crippen MR) is 81.0 cm³/mol. The zero-order chi connectivity index (χ0) is 13.0. The van der Waals surface area contributed by atoms with Crippen LogP contribution in [0.2, 0.25) is 0 Å². The molecule has 0 saturated heterocycles. The highest BCUT2D eigenvalue weighted by Gasteiger charge is 2.41. The summed E-state index contributed by atoms with van der Waals surface area (Å²) in [5.74, 6) is 0. The van der Waals surface area contributed by atoms with E-state index in [1.807, 2.05) is 0 Å². The van der Waals surface area contributed by atoms with Crippen molar-refractivity contribution in [1.82, 2.24) is 0 Å². The Balaban J connectivity index is 2.10. The minimum absolute atomic E-state index is 0.0264. The zero-order valence-corrected chi connectivity index (χ0v) is 11.3. The Kier molecular flexibility index (Phi) is 1.98. The molecule has 0 unspecified atom stereocenters. The van der Waals surface area contributed by atoms with Gasteiger partial charge in [-0.25, -0.2) is 0 Å². The zero-order valence-electron chi connectivity index (χ0n) is 11.3. The maximum absolute atomic E-state index is 2.42. The first-order valence-electron chi connectivity index (χ1n) is 6.81. The van der Waals surface area contributed by atoms with Gasteiger partial charge in [0.2, 0.25) is 0 Å². The molecule has 0 atom stereocenters. The first kappa shape index (κ1) is 10.8. The van der Waals surface area contributed by atoms with E-state index in [1.54, 1.807) is 0 Å². The molecule has 0 amide bonds. The third kappa shape index (κ3) is 1.24. The molecule has 0 radical (unpaired) electrons. The number of allylic oxidation sites excluding steroid dienone is 4. The molecule has 1 spiro atoms. The van der Waals surface area contributed by atoms with Crippen LogP contribution in [0.15, 0.2) is 60.7 Å². The van der Waals surface area contributed by atoms with Crippen LogP contribution in [0.4, 0.5) is 0 Å². The average molecular weight is 244 g/mol. The molecule has 0 heterocycles. The van der Waals surface area contributed by atoms with Crippen molar-refractivity contribution in [2.24, 2.45) is 0 Å². The Bertz CT molecular complexity index is 679. The van der Waals surface area contributed by atoms with Crippen LogP contribution in [0.1, 0.15) is 36.1 Å². The largest absolute Gasteiger partial charge is 0.0622 e. The van der Waals surface area contributed by atoms with Gasteiger partial charge in [-0.1, -0.05) is 60.7 Å². The van der Waals surface area contributed by atoms with E-state index in [1.165, 1.54) is 33.4 Å². The molecule has 0 saturated carbocycles. The van der Waals surface area contributed by atoms with E-state index >= 15 is 0 Å². The Morgan fingerprint density at radius 3 is 1.53 bits per heavy atom. The molecule has 0 N–H and O–H groups in total. The van der Waals surface area contributed by atoms with Crippen molar-refractivity contribution in [3.8, 4) is 0 Å². The van der Waals surface area contributed by atoms with Gasteiger partial charge in [0.1, 0.15) is 0 Å². The summed E-state index contributed by atoms with van der Waals surface area (Å²) in [6.07, 6.45) is 4.85. The molecule has 2 aliphatic rings. The van der Waals surface area contributed by atoms with Crippen LogP contribution in [-0.4, -0.2) is 0 Å². The van der Waals surface area contributed by atoms with Gasteiger partial charge in [-0.05, 0) is 47.2 Å². The van der Waals surface area contributed by atoms with Crippen molar-refractivity contribution >= 4 is 11.1 Å². The average Bonchev–Trinajstić information content (AvgIpc) is 2.88. The summed E-state index contributed by atoms with van der Waals surface area (Å²) in [4.78, 5) is 0. The molecule has 2 aromatic carbocycles. The van der Waals surface area contributed by atoms with Crippen molar-refractivity contribution in [1.29, 1.82) is 0 Å². The van der Waals surface area contributed by atoms with Gasteiger partial charge < -0.3 is 0 Å². The number of rotatable bonds is 0. The summed E-state index contributed by atoms with van der Waals surface area (Å²) in [6, 6.07) is 17.6. The molecular weight excluding hydrogens is 228 g/mol. The van der Waals surface area contributed by atoms with Gasteiger partial charge in [0, 0.05) is 0 Å². The highest BCUT2D eigenvalue weighted by molar-refractivity contribution is 5.87. The van der Waals surface area contributed by atoms with Crippen molar-refractivity contribution < 1.29 is 0 Å². The van der Waals surface area contributed by atoms with Crippen molar-refractivity contribution in [2.45, 2.75) is 19.3 Å². The summed E-state index contributed by atoms with van der Waals surface area (Å²) >= 11 is 0. The minimum atomic E-state index is -0.0264. The molecule has 4 rings (SSSR count). The lowest BCUT2D eigenvalue weighted by Gasteiger charge is -2.23. The molecule has 0 aromatic heterocycles. The minimum Gasteiger partial charge on any atom is -0.0622 e. The predicted octanol–water partition coefficient (Wildman–Crippen LogP) is 4.81. The van der Waals surface area contributed by atoms with Gasteiger partial charge in [-0.15, -0.1) is 0 Å². The summed E-state index contributed by atoms with van der Waals surface area (Å²) in [5, 5.41) is 0. The van der Waals surface area contributed by atoms with Crippen LogP contribution in [0, 0.1) is 0 Å². The van der Waals surface area contributed by atoms with Gasteiger partial charge in [0.15, 0.2) is 0 Å². The fourth-order valence-corrected chi connectivity index (χ4v) is 3.71. The first-order chi connectivity index (χ1) is 9.22. The Morgan fingerprint density at radius 1 is 0.632 bits per heavy atom. The summed E-state index contributed by atoms with van der Waals surface area (Å²) in [7, 11) is 0. The van der Waals surface area contributed by atoms with E-state index in [0.29, 0.717) is 0 Å². The lowest BCUT2D eigenvalue weighted by Crippen LogP contribution is -2.18. The quantitative estimate of drug-likeness (QED) is 0.624. The molecule has 2 aromatic rings. The highest BCUT2D eigenvalue weighted by Crippen LogP contribution is 2.52. The van der Waals surface area contributed by atoms with Crippen LogP contribution in [0.25, 0.3) is 11.1 Å². The smallest absolute Gasteiger partial charge is 0.0586 e. The molecule has 0 bridgehead atoms. The number of hydrogen-bond donors (Lipinski definition) is 0.